The van der Waals surface area contributed by atoms with E-state index in [0.29, 0.717) is 17.9 Å². The van der Waals surface area contributed by atoms with Crippen molar-refractivity contribution in [2.75, 3.05) is 19.7 Å². The van der Waals surface area contributed by atoms with Crippen LogP contribution in [0, 0.1) is 5.41 Å². The maximum atomic E-state index is 11.5. The van der Waals surface area contributed by atoms with Gasteiger partial charge in [-0.15, -0.1) is 0 Å². The Kier molecular flexibility index (Phi) is 6.93. The van der Waals surface area contributed by atoms with Gasteiger partial charge < -0.3 is 20.5 Å². The molecule has 0 heterocycles. The number of carboxylic acid groups (broad SMARTS) is 1. The number of nitrogens with zero attached hydrogens (tertiary/aromatic N) is 1. The zero-order chi connectivity index (χ0) is 19.8. The number of hydrogen-bond acceptors (Lipinski definition) is 4. The van der Waals surface area contributed by atoms with E-state index >= 15 is 0 Å². The fraction of sp³-hybridized carbons (Fsp3) is 0.250. The molecule has 0 atom stereocenters. The number of rotatable bonds is 9. The Labute approximate surface area is 157 Å². The van der Waals surface area contributed by atoms with E-state index < -0.39 is 5.97 Å². The molecule has 7 nitrogen and oxygen atoms in total. The molecule has 1 amide bonds. The molecule has 2 aromatic rings. The lowest BCUT2D eigenvalue weighted by Gasteiger charge is -2.20. The van der Waals surface area contributed by atoms with Crippen LogP contribution in [0.15, 0.2) is 48.5 Å². The van der Waals surface area contributed by atoms with Crippen molar-refractivity contribution < 1.29 is 19.4 Å². The second kappa shape index (κ2) is 9.38. The Balaban J connectivity index is 1.90. The minimum Gasteiger partial charge on any atom is -0.492 e. The van der Waals surface area contributed by atoms with Gasteiger partial charge in [0.1, 0.15) is 18.2 Å². The quantitative estimate of drug-likeness (QED) is 0.463. The van der Waals surface area contributed by atoms with Crippen LogP contribution in [0.1, 0.15) is 18.9 Å². The van der Waals surface area contributed by atoms with Crippen molar-refractivity contribution in [3.8, 4) is 16.9 Å². The molecule has 4 N–H and O–H groups in total. The third kappa shape index (κ3) is 6.14. The van der Waals surface area contributed by atoms with Crippen LogP contribution in [0.5, 0.6) is 5.75 Å². The first-order valence-corrected chi connectivity index (χ1v) is 8.52. The molecule has 142 valence electrons. The van der Waals surface area contributed by atoms with Gasteiger partial charge in [-0.1, -0.05) is 36.4 Å². The van der Waals surface area contributed by atoms with Crippen molar-refractivity contribution in [3.63, 3.8) is 0 Å². The summed E-state index contributed by atoms with van der Waals surface area (Å²) in [4.78, 5) is 23.6. The van der Waals surface area contributed by atoms with Crippen LogP contribution in [0.2, 0.25) is 0 Å². The van der Waals surface area contributed by atoms with Crippen LogP contribution in [0.3, 0.4) is 0 Å². The van der Waals surface area contributed by atoms with Crippen LogP contribution in [-0.2, 0) is 9.59 Å². The van der Waals surface area contributed by atoms with Crippen molar-refractivity contribution in [1.29, 1.82) is 5.41 Å². The number of ether oxygens (including phenoxy) is 1. The molecule has 0 aliphatic heterocycles. The number of benzene rings is 2. The zero-order valence-electron chi connectivity index (χ0n) is 15.1. The average molecular weight is 369 g/mol. The third-order valence-corrected chi connectivity index (χ3v) is 4.05. The molecule has 2 rings (SSSR count). The lowest BCUT2D eigenvalue weighted by atomic mass is 10.0. The van der Waals surface area contributed by atoms with E-state index in [0.717, 1.165) is 11.1 Å². The number of nitrogens with two attached hydrogens (primary N) is 1. The highest BCUT2D eigenvalue weighted by Crippen LogP contribution is 2.22. The summed E-state index contributed by atoms with van der Waals surface area (Å²) in [6.07, 6.45) is -0.0866. The Morgan fingerprint density at radius 3 is 2.07 bits per heavy atom. The Bertz CT molecular complexity index is 801. The average Bonchev–Trinajstić information content (AvgIpc) is 2.64. The maximum Gasteiger partial charge on any atom is 0.305 e. The Morgan fingerprint density at radius 1 is 1.04 bits per heavy atom. The predicted octanol–water partition coefficient (Wildman–Crippen LogP) is 2.34. The van der Waals surface area contributed by atoms with Crippen molar-refractivity contribution in [1.82, 2.24) is 4.90 Å². The molecule has 0 unspecified atom stereocenters. The van der Waals surface area contributed by atoms with Gasteiger partial charge in [0.2, 0.25) is 5.91 Å². The summed E-state index contributed by atoms with van der Waals surface area (Å²) >= 11 is 0. The first-order chi connectivity index (χ1) is 12.9. The van der Waals surface area contributed by atoms with Gasteiger partial charge in [0.15, 0.2) is 0 Å². The van der Waals surface area contributed by atoms with E-state index in [1.54, 1.807) is 12.1 Å². The number of amides is 1. The second-order valence-corrected chi connectivity index (χ2v) is 6.01. The van der Waals surface area contributed by atoms with Gasteiger partial charge in [-0.2, -0.15) is 0 Å². The number of amidine groups is 1. The normalized spacial score (nSPS) is 10.3. The summed E-state index contributed by atoms with van der Waals surface area (Å²) in [5, 5.41) is 16.1. The molecule has 0 bridgehead atoms. The first-order valence-electron chi connectivity index (χ1n) is 8.52. The monoisotopic (exact) mass is 369 g/mol. The minimum atomic E-state index is -0.936. The van der Waals surface area contributed by atoms with Gasteiger partial charge >= 0.3 is 5.97 Å². The second-order valence-electron chi connectivity index (χ2n) is 6.01. The van der Waals surface area contributed by atoms with Gasteiger partial charge in [-0.05, 0) is 23.3 Å². The standard InChI is InChI=1S/C20H23N3O4/c1-14(24)23(11-10-19(25)26)12-13-27-18-8-6-16(7-9-18)15-2-4-17(5-3-15)20(21)22/h2-9H,10-13H2,1H3,(H3,21,22)(H,25,26). The summed E-state index contributed by atoms with van der Waals surface area (Å²) < 4.78 is 5.65. The number of nitrogens with one attached hydrogen (secondary N) is 1. The van der Waals surface area contributed by atoms with E-state index in [-0.39, 0.29) is 31.3 Å². The molecule has 0 saturated heterocycles. The fourth-order valence-electron chi connectivity index (χ4n) is 2.52. The van der Waals surface area contributed by atoms with E-state index in [1.165, 1.54) is 11.8 Å². The molecule has 0 saturated carbocycles. The van der Waals surface area contributed by atoms with Crippen LogP contribution < -0.4 is 10.5 Å². The number of carbonyl (C=O) groups is 2. The predicted molar refractivity (Wildman–Crippen MR) is 103 cm³/mol. The molecule has 0 fully saturated rings. The molecule has 27 heavy (non-hydrogen) atoms. The highest BCUT2D eigenvalue weighted by Gasteiger charge is 2.10. The highest BCUT2D eigenvalue weighted by molar-refractivity contribution is 5.95. The van der Waals surface area contributed by atoms with E-state index in [4.69, 9.17) is 21.0 Å². The van der Waals surface area contributed by atoms with Gasteiger partial charge in [-0.3, -0.25) is 15.0 Å². The molecule has 0 aromatic heterocycles. The van der Waals surface area contributed by atoms with Crippen LogP contribution in [0.4, 0.5) is 0 Å². The largest absolute Gasteiger partial charge is 0.492 e. The summed E-state index contributed by atoms with van der Waals surface area (Å²) in [6.45, 7) is 2.19. The van der Waals surface area contributed by atoms with Gasteiger partial charge in [-0.25, -0.2) is 0 Å². The summed E-state index contributed by atoms with van der Waals surface area (Å²) in [5.74, 6) is -0.410. The molecule has 7 heteroatoms. The lowest BCUT2D eigenvalue weighted by Crippen LogP contribution is -2.34. The van der Waals surface area contributed by atoms with E-state index in [9.17, 15) is 9.59 Å². The minimum absolute atomic E-state index is 0.0354. The van der Waals surface area contributed by atoms with Crippen molar-refractivity contribution in [2.45, 2.75) is 13.3 Å². The Morgan fingerprint density at radius 2 is 1.59 bits per heavy atom. The topological polar surface area (TPSA) is 117 Å². The SMILES string of the molecule is CC(=O)N(CCOc1ccc(-c2ccc(C(=N)N)cc2)cc1)CCC(=O)O. The number of aliphatic carboxylic acids is 1. The molecule has 0 aliphatic carbocycles. The molecular weight excluding hydrogens is 346 g/mol. The van der Waals surface area contributed by atoms with Gasteiger partial charge in [0.25, 0.3) is 0 Å². The molecule has 0 spiro atoms. The maximum absolute atomic E-state index is 11.5. The molecule has 2 aromatic carbocycles. The smallest absolute Gasteiger partial charge is 0.305 e. The highest BCUT2D eigenvalue weighted by atomic mass is 16.5. The van der Waals surface area contributed by atoms with E-state index in [1.807, 2.05) is 36.4 Å². The fourth-order valence-corrected chi connectivity index (χ4v) is 2.52. The zero-order valence-corrected chi connectivity index (χ0v) is 15.1. The molecule has 0 radical (unpaired) electrons. The summed E-state index contributed by atoms with van der Waals surface area (Å²) in [7, 11) is 0. The number of hydrogen-bond donors (Lipinski definition) is 3. The lowest BCUT2D eigenvalue weighted by molar-refractivity contribution is -0.138. The van der Waals surface area contributed by atoms with Crippen molar-refractivity contribution in [3.05, 3.63) is 54.1 Å². The number of carbonyl (C=O) groups excluding carboxylic acids is 1. The third-order valence-electron chi connectivity index (χ3n) is 4.05. The first kappa shape index (κ1) is 20.0. The molecule has 0 aliphatic rings. The number of carboxylic acids is 1. The van der Waals surface area contributed by atoms with Crippen molar-refractivity contribution in [2.24, 2.45) is 5.73 Å². The number of nitrogen functional groups attached to an aromatic ring is 1. The summed E-state index contributed by atoms with van der Waals surface area (Å²) in [6, 6.07) is 14.9. The van der Waals surface area contributed by atoms with Crippen LogP contribution >= 0.6 is 0 Å². The van der Waals surface area contributed by atoms with Crippen LogP contribution in [-0.4, -0.2) is 47.4 Å². The van der Waals surface area contributed by atoms with Crippen LogP contribution in [0.25, 0.3) is 11.1 Å². The van der Waals surface area contributed by atoms with E-state index in [2.05, 4.69) is 0 Å². The van der Waals surface area contributed by atoms with Gasteiger partial charge in [0.05, 0.1) is 13.0 Å². The molecular formula is C20H23N3O4. The van der Waals surface area contributed by atoms with Crippen molar-refractivity contribution >= 4 is 17.7 Å². The summed E-state index contributed by atoms with van der Waals surface area (Å²) in [5.41, 5.74) is 8.14. The van der Waals surface area contributed by atoms with Gasteiger partial charge in [0, 0.05) is 19.0 Å². The Hall–Kier alpha value is -3.35.